The molecule has 2 heterocycles. The molecule has 1 aromatic carbocycles. The molecule has 2 aliphatic rings. The smallest absolute Gasteiger partial charge is 0.315 e. The van der Waals surface area contributed by atoms with Crippen molar-refractivity contribution in [1.29, 1.82) is 0 Å². The summed E-state index contributed by atoms with van der Waals surface area (Å²) < 4.78 is 0. The number of halogens is 1. The van der Waals surface area contributed by atoms with Gasteiger partial charge in [-0.1, -0.05) is 25.0 Å². The molecule has 1 aliphatic carbocycles. The molecule has 26 heavy (non-hydrogen) atoms. The fourth-order valence-corrected chi connectivity index (χ4v) is 4.15. The molecule has 2 atom stereocenters. The zero-order valence-electron chi connectivity index (χ0n) is 15.2. The van der Waals surface area contributed by atoms with Crippen molar-refractivity contribution in [3.05, 3.63) is 30.1 Å². The lowest BCUT2D eigenvalue weighted by Gasteiger charge is -2.36. The van der Waals surface area contributed by atoms with Crippen LogP contribution in [0.15, 0.2) is 24.3 Å². The number of H-pyrrole nitrogens is 1. The minimum absolute atomic E-state index is 0. The van der Waals surface area contributed by atoms with Gasteiger partial charge in [0.25, 0.3) is 0 Å². The van der Waals surface area contributed by atoms with Crippen molar-refractivity contribution >= 4 is 29.5 Å². The Morgan fingerprint density at radius 2 is 1.88 bits per heavy atom. The number of piperidine rings is 1. The van der Waals surface area contributed by atoms with Crippen LogP contribution in [-0.2, 0) is 0 Å². The minimum atomic E-state index is -0.00944. The number of para-hydroxylation sites is 2. The van der Waals surface area contributed by atoms with Crippen molar-refractivity contribution in [2.45, 2.75) is 56.7 Å². The molecular weight excluding hydrogens is 350 g/mol. The Labute approximate surface area is 160 Å². The van der Waals surface area contributed by atoms with E-state index in [1.165, 1.54) is 12.8 Å². The van der Waals surface area contributed by atoms with Gasteiger partial charge in [0.1, 0.15) is 5.82 Å². The molecule has 0 spiro atoms. The number of hydrogen-bond donors (Lipinski definition) is 3. The third-order valence-corrected chi connectivity index (χ3v) is 5.62. The molecule has 2 aromatic rings. The molecule has 2 amide bonds. The van der Waals surface area contributed by atoms with Crippen LogP contribution in [0.3, 0.4) is 0 Å². The Bertz CT molecular complexity index is 709. The predicted molar refractivity (Wildman–Crippen MR) is 106 cm³/mol. The number of fused-ring (bicyclic) bond motifs is 1. The summed E-state index contributed by atoms with van der Waals surface area (Å²) >= 11 is 0. The van der Waals surface area contributed by atoms with E-state index >= 15 is 0 Å². The summed E-state index contributed by atoms with van der Waals surface area (Å²) in [6.45, 7) is 0.954. The number of carbonyl (C=O) groups excluding carboxylic acids is 1. The third kappa shape index (κ3) is 4.13. The van der Waals surface area contributed by atoms with E-state index in [4.69, 9.17) is 4.98 Å². The van der Waals surface area contributed by atoms with Crippen molar-refractivity contribution in [1.82, 2.24) is 25.5 Å². The Hall–Kier alpha value is -1.79. The number of likely N-dealkylation sites (tertiary alicyclic amines) is 1. The standard InChI is InChI=1S/C19H27N5O.ClH/c1-24-11-10-14(21-19(25)20-13-6-2-3-7-13)12-17(24)18-22-15-8-4-5-9-16(15)23-18;/h4-5,8-9,13-14,17H,2-3,6-7,10-12H2,1H3,(H,22,23)(H2,20,21,25);1H/t14-,17-;/m1./s1. The van der Waals surface area contributed by atoms with Crippen LogP contribution in [-0.4, -0.2) is 46.6 Å². The molecule has 2 fully saturated rings. The maximum atomic E-state index is 12.3. The lowest BCUT2D eigenvalue weighted by atomic mass is 9.97. The lowest BCUT2D eigenvalue weighted by Crippen LogP contribution is -2.49. The molecule has 1 saturated heterocycles. The SMILES string of the molecule is CN1CC[C@@H](NC(=O)NC2CCCC2)C[C@@H]1c1nc2ccccc2[nH]1.Cl. The van der Waals surface area contributed by atoms with Crippen molar-refractivity contribution in [3.63, 3.8) is 0 Å². The second-order valence-corrected chi connectivity index (χ2v) is 7.46. The number of nitrogens with zero attached hydrogens (tertiary/aromatic N) is 2. The highest BCUT2D eigenvalue weighted by molar-refractivity contribution is 5.85. The number of imidazole rings is 1. The van der Waals surface area contributed by atoms with Crippen LogP contribution in [0.4, 0.5) is 4.79 Å². The number of carbonyl (C=O) groups is 1. The Morgan fingerprint density at radius 3 is 2.65 bits per heavy atom. The van der Waals surface area contributed by atoms with Gasteiger partial charge in [-0.2, -0.15) is 0 Å². The van der Waals surface area contributed by atoms with Crippen molar-refractivity contribution in [2.24, 2.45) is 0 Å². The summed E-state index contributed by atoms with van der Waals surface area (Å²) in [6.07, 6.45) is 6.55. The topological polar surface area (TPSA) is 73.1 Å². The Kier molecular flexibility index (Phi) is 6.04. The number of hydrogen-bond acceptors (Lipinski definition) is 3. The Morgan fingerprint density at radius 1 is 1.15 bits per heavy atom. The monoisotopic (exact) mass is 377 g/mol. The van der Waals surface area contributed by atoms with Crippen LogP contribution < -0.4 is 10.6 Å². The van der Waals surface area contributed by atoms with Crippen LogP contribution in [0.2, 0.25) is 0 Å². The number of rotatable bonds is 3. The molecule has 1 aromatic heterocycles. The predicted octanol–water partition coefficient (Wildman–Crippen LogP) is 3.36. The molecule has 1 saturated carbocycles. The van der Waals surface area contributed by atoms with E-state index in [1.807, 2.05) is 18.2 Å². The van der Waals surface area contributed by atoms with Crippen molar-refractivity contribution < 1.29 is 4.79 Å². The maximum absolute atomic E-state index is 12.3. The van der Waals surface area contributed by atoms with Crippen molar-refractivity contribution in [3.8, 4) is 0 Å². The zero-order valence-corrected chi connectivity index (χ0v) is 16.0. The van der Waals surface area contributed by atoms with Gasteiger partial charge in [0.2, 0.25) is 0 Å². The minimum Gasteiger partial charge on any atom is -0.341 e. The van der Waals surface area contributed by atoms with E-state index in [0.29, 0.717) is 6.04 Å². The van der Waals surface area contributed by atoms with Crippen molar-refractivity contribution in [2.75, 3.05) is 13.6 Å². The van der Waals surface area contributed by atoms with Gasteiger partial charge in [-0.3, -0.25) is 4.90 Å². The quantitative estimate of drug-likeness (QED) is 0.767. The average molecular weight is 378 g/mol. The molecule has 0 unspecified atom stereocenters. The highest BCUT2D eigenvalue weighted by atomic mass is 35.5. The molecular formula is C19H28ClN5O. The first-order valence-electron chi connectivity index (χ1n) is 9.41. The van der Waals surface area contributed by atoms with Gasteiger partial charge in [-0.25, -0.2) is 9.78 Å². The molecule has 1 aliphatic heterocycles. The highest BCUT2D eigenvalue weighted by Gasteiger charge is 2.30. The lowest BCUT2D eigenvalue weighted by molar-refractivity contribution is 0.151. The number of aromatic nitrogens is 2. The number of amides is 2. The number of nitrogens with one attached hydrogen (secondary N) is 3. The summed E-state index contributed by atoms with van der Waals surface area (Å²) in [5.41, 5.74) is 2.07. The summed E-state index contributed by atoms with van der Waals surface area (Å²) in [4.78, 5) is 22.8. The van der Waals surface area contributed by atoms with Gasteiger partial charge < -0.3 is 15.6 Å². The van der Waals surface area contributed by atoms with E-state index < -0.39 is 0 Å². The van der Waals surface area contributed by atoms with E-state index in [9.17, 15) is 4.79 Å². The molecule has 7 heteroatoms. The fourth-order valence-electron chi connectivity index (χ4n) is 4.15. The maximum Gasteiger partial charge on any atom is 0.315 e. The van der Waals surface area contributed by atoms with Gasteiger partial charge in [0, 0.05) is 18.6 Å². The molecule has 0 bridgehead atoms. The van der Waals surface area contributed by atoms with Crippen LogP contribution in [0.5, 0.6) is 0 Å². The number of urea groups is 1. The number of benzene rings is 1. The molecule has 142 valence electrons. The summed E-state index contributed by atoms with van der Waals surface area (Å²) in [7, 11) is 2.13. The van der Waals surface area contributed by atoms with E-state index in [0.717, 1.165) is 49.1 Å². The summed E-state index contributed by atoms with van der Waals surface area (Å²) in [5.74, 6) is 0.992. The third-order valence-electron chi connectivity index (χ3n) is 5.62. The molecule has 6 nitrogen and oxygen atoms in total. The van der Waals surface area contributed by atoms with E-state index in [-0.39, 0.29) is 30.5 Å². The second kappa shape index (κ2) is 8.27. The van der Waals surface area contributed by atoms with Crippen LogP contribution >= 0.6 is 12.4 Å². The zero-order chi connectivity index (χ0) is 17.2. The van der Waals surface area contributed by atoms with Gasteiger partial charge in [-0.15, -0.1) is 12.4 Å². The van der Waals surface area contributed by atoms with Gasteiger partial charge in [-0.05, 0) is 44.9 Å². The first-order valence-corrected chi connectivity index (χ1v) is 9.41. The van der Waals surface area contributed by atoms with Gasteiger partial charge >= 0.3 is 6.03 Å². The normalized spacial score (nSPS) is 24.3. The van der Waals surface area contributed by atoms with Gasteiger partial charge in [0.05, 0.1) is 17.1 Å². The first kappa shape index (κ1) is 19.0. The van der Waals surface area contributed by atoms with E-state index in [1.54, 1.807) is 0 Å². The van der Waals surface area contributed by atoms with Crippen LogP contribution in [0.25, 0.3) is 11.0 Å². The first-order chi connectivity index (χ1) is 12.2. The highest BCUT2D eigenvalue weighted by Crippen LogP contribution is 2.29. The van der Waals surface area contributed by atoms with Crippen LogP contribution in [0.1, 0.15) is 50.4 Å². The van der Waals surface area contributed by atoms with Gasteiger partial charge in [0.15, 0.2) is 0 Å². The largest absolute Gasteiger partial charge is 0.341 e. The summed E-state index contributed by atoms with van der Waals surface area (Å²) in [6, 6.07) is 8.86. The van der Waals surface area contributed by atoms with Crippen LogP contribution in [0, 0.1) is 0 Å². The molecule has 4 rings (SSSR count). The molecule has 0 radical (unpaired) electrons. The number of aromatic amines is 1. The summed E-state index contributed by atoms with van der Waals surface area (Å²) in [5, 5.41) is 6.31. The fraction of sp³-hybridized carbons (Fsp3) is 0.579. The Balaban J connectivity index is 0.00000196. The molecule has 3 N–H and O–H groups in total. The second-order valence-electron chi connectivity index (χ2n) is 7.46. The average Bonchev–Trinajstić information content (AvgIpc) is 3.25. The van der Waals surface area contributed by atoms with E-state index in [2.05, 4.69) is 33.6 Å².